The second-order valence-corrected chi connectivity index (χ2v) is 9.80. The minimum Gasteiger partial charge on any atom is -0.326 e. The Morgan fingerprint density at radius 3 is 2.12 bits per heavy atom. The number of hydrogen-bond donors (Lipinski definition) is 3. The molecule has 3 amide bonds. The number of rotatable bonds is 6. The molecule has 32 heavy (non-hydrogen) atoms. The lowest BCUT2D eigenvalue weighted by Crippen LogP contribution is -2.20. The fourth-order valence-corrected chi connectivity index (χ4v) is 3.44. The van der Waals surface area contributed by atoms with E-state index in [1.54, 1.807) is 0 Å². The molecule has 13 heteroatoms. The summed E-state index contributed by atoms with van der Waals surface area (Å²) in [4.78, 5) is 34.9. The van der Waals surface area contributed by atoms with E-state index in [1.165, 1.54) is 18.2 Å². The zero-order valence-corrected chi connectivity index (χ0v) is 19.4. The molecule has 1 saturated carbocycles. The van der Waals surface area contributed by atoms with Crippen LogP contribution >= 0.6 is 58.0 Å². The number of anilines is 3. The Kier molecular flexibility index (Phi) is 7.41. The molecule has 0 saturated heterocycles. The van der Waals surface area contributed by atoms with Gasteiger partial charge in [-0.3, -0.25) is 14.4 Å². The molecule has 2 aromatic carbocycles. The molecule has 1 fully saturated rings. The van der Waals surface area contributed by atoms with Crippen LogP contribution in [0.1, 0.15) is 16.8 Å². The molecule has 1 unspecified atom stereocenters. The number of hydrogen-bond acceptors (Lipinski definition) is 3. The molecule has 3 rings (SSSR count). The predicted molar refractivity (Wildman–Crippen MR) is 121 cm³/mol. The fraction of sp³-hybridized carbons (Fsp3) is 0.211. The van der Waals surface area contributed by atoms with Crippen LogP contribution in [-0.4, -0.2) is 26.9 Å². The van der Waals surface area contributed by atoms with Crippen LogP contribution in [0.3, 0.4) is 0 Å². The molecule has 0 bridgehead atoms. The van der Waals surface area contributed by atoms with E-state index in [-0.39, 0.29) is 16.3 Å². The number of carbonyl (C=O) groups is 3. The first kappa shape index (κ1) is 24.8. The van der Waals surface area contributed by atoms with Gasteiger partial charge in [0.25, 0.3) is 11.8 Å². The summed E-state index contributed by atoms with van der Waals surface area (Å²) in [5.41, 5.74) is -0.798. The molecule has 1 aliphatic carbocycles. The fourth-order valence-electron chi connectivity index (χ4n) is 2.62. The van der Waals surface area contributed by atoms with E-state index >= 15 is 0 Å². The first-order valence-electron chi connectivity index (χ1n) is 8.76. The van der Waals surface area contributed by atoms with Gasteiger partial charge in [0.2, 0.25) is 5.91 Å². The third kappa shape index (κ3) is 5.74. The second-order valence-electron chi connectivity index (χ2n) is 6.76. The Labute approximate surface area is 205 Å². The summed E-state index contributed by atoms with van der Waals surface area (Å²) in [6, 6.07) is 5.37. The van der Waals surface area contributed by atoms with Crippen molar-refractivity contribution < 1.29 is 23.2 Å². The number of nitrogens with one attached hydrogen (secondary N) is 3. The number of halogens is 7. The first-order valence-corrected chi connectivity index (χ1v) is 10.8. The lowest BCUT2D eigenvalue weighted by atomic mass is 10.1. The maximum Gasteiger partial charge on any atom is 0.257 e. The van der Waals surface area contributed by atoms with Gasteiger partial charge >= 0.3 is 0 Å². The minimum absolute atomic E-state index is 0.000813. The maximum atomic E-state index is 14.2. The minimum atomic E-state index is -1.49. The molecule has 2 aromatic rings. The van der Waals surface area contributed by atoms with Crippen molar-refractivity contribution in [3.8, 4) is 0 Å². The highest BCUT2D eigenvalue weighted by Gasteiger charge is 2.56. The largest absolute Gasteiger partial charge is 0.326 e. The van der Waals surface area contributed by atoms with E-state index in [0.29, 0.717) is 12.5 Å². The average Bonchev–Trinajstić information content (AvgIpc) is 3.35. The van der Waals surface area contributed by atoms with Gasteiger partial charge in [-0.2, -0.15) is 0 Å². The third-order valence-electron chi connectivity index (χ3n) is 4.38. The first-order chi connectivity index (χ1) is 14.9. The Morgan fingerprint density at radius 1 is 0.969 bits per heavy atom. The molecule has 0 aliphatic heterocycles. The van der Waals surface area contributed by atoms with Crippen LogP contribution in [0.5, 0.6) is 0 Å². The molecule has 6 nitrogen and oxygen atoms in total. The highest BCUT2D eigenvalue weighted by atomic mass is 35.5. The molecule has 3 N–H and O–H groups in total. The van der Waals surface area contributed by atoms with Gasteiger partial charge in [-0.1, -0.05) is 34.8 Å². The van der Waals surface area contributed by atoms with E-state index in [1.807, 2.05) is 0 Å². The lowest BCUT2D eigenvalue weighted by molar-refractivity contribution is -0.117. The molecule has 0 radical (unpaired) electrons. The van der Waals surface area contributed by atoms with Gasteiger partial charge < -0.3 is 16.0 Å². The lowest BCUT2D eigenvalue weighted by Gasteiger charge is -2.13. The SMILES string of the molecule is O=C(Nc1cc(NC(=O)C(Cl)Cl)c(F)cc1F)c1cc(NC(=O)C2CC2(Cl)Cl)ccc1Cl. The summed E-state index contributed by atoms with van der Waals surface area (Å²) < 4.78 is 27.0. The monoisotopic (exact) mass is 543 g/mol. The van der Waals surface area contributed by atoms with E-state index < -0.39 is 55.8 Å². The van der Waals surface area contributed by atoms with Crippen LogP contribution in [-0.2, 0) is 9.59 Å². The molecular weight excluding hydrogens is 533 g/mol. The van der Waals surface area contributed by atoms with Crippen molar-refractivity contribution in [2.45, 2.75) is 15.6 Å². The molecule has 0 spiro atoms. The topological polar surface area (TPSA) is 87.3 Å². The summed E-state index contributed by atoms with van der Waals surface area (Å²) in [6.07, 6.45) is 0.291. The third-order valence-corrected chi connectivity index (χ3v) is 5.94. The van der Waals surface area contributed by atoms with Crippen LogP contribution in [0.15, 0.2) is 30.3 Å². The smallest absolute Gasteiger partial charge is 0.257 e. The van der Waals surface area contributed by atoms with Gasteiger partial charge in [0.1, 0.15) is 16.0 Å². The van der Waals surface area contributed by atoms with Crippen molar-refractivity contribution in [2.75, 3.05) is 16.0 Å². The molecule has 0 heterocycles. The molecule has 1 aliphatic rings. The Hall–Kier alpha value is -1.84. The van der Waals surface area contributed by atoms with Crippen LogP contribution in [0.25, 0.3) is 0 Å². The normalized spacial score (nSPS) is 16.4. The van der Waals surface area contributed by atoms with Gasteiger partial charge in [-0.15, -0.1) is 23.2 Å². The van der Waals surface area contributed by atoms with Gasteiger partial charge in [0.05, 0.1) is 27.9 Å². The van der Waals surface area contributed by atoms with E-state index in [2.05, 4.69) is 16.0 Å². The van der Waals surface area contributed by atoms with Crippen LogP contribution in [0, 0.1) is 17.6 Å². The van der Waals surface area contributed by atoms with Crippen LogP contribution in [0.2, 0.25) is 5.02 Å². The van der Waals surface area contributed by atoms with Crippen molar-refractivity contribution in [1.29, 1.82) is 0 Å². The summed E-state index contributed by atoms with van der Waals surface area (Å²) >= 11 is 28.6. The highest BCUT2D eigenvalue weighted by Crippen LogP contribution is 2.53. The molecule has 170 valence electrons. The quantitative estimate of drug-likeness (QED) is 0.405. The second kappa shape index (κ2) is 9.57. The van der Waals surface area contributed by atoms with E-state index in [0.717, 1.165) is 6.07 Å². The van der Waals surface area contributed by atoms with Gasteiger partial charge in [-0.05, 0) is 30.7 Å². The van der Waals surface area contributed by atoms with Crippen molar-refractivity contribution in [3.63, 3.8) is 0 Å². The number of alkyl halides is 4. The standard InChI is InChI=1S/C19H12Cl5F2N3O3/c20-10-2-1-7(27-17(31)9-6-19(9,23)24)3-8(10)16(30)28-13-5-14(12(26)4-11(13)25)29-18(32)15(21)22/h1-5,9,15H,6H2,(H,27,31)(H,28,30)(H,29,32). The van der Waals surface area contributed by atoms with Crippen molar-refractivity contribution >= 4 is 92.8 Å². The average molecular weight is 546 g/mol. The predicted octanol–water partition coefficient (Wildman–Crippen LogP) is 5.75. The van der Waals surface area contributed by atoms with Gasteiger partial charge in [-0.25, -0.2) is 8.78 Å². The van der Waals surface area contributed by atoms with Crippen LogP contribution < -0.4 is 16.0 Å². The van der Waals surface area contributed by atoms with Crippen LogP contribution in [0.4, 0.5) is 25.8 Å². The van der Waals surface area contributed by atoms with Crippen molar-refractivity contribution in [2.24, 2.45) is 5.92 Å². The number of carbonyl (C=O) groups excluding carboxylic acids is 3. The van der Waals surface area contributed by atoms with Gasteiger partial charge in [0.15, 0.2) is 4.84 Å². The van der Waals surface area contributed by atoms with Crippen molar-refractivity contribution in [3.05, 3.63) is 52.6 Å². The number of benzene rings is 2. The van der Waals surface area contributed by atoms with E-state index in [4.69, 9.17) is 58.0 Å². The Balaban J connectivity index is 1.79. The molecular formula is C19H12Cl5F2N3O3. The Bertz CT molecular complexity index is 1110. The summed E-state index contributed by atoms with van der Waals surface area (Å²) in [5.74, 6) is -5.07. The molecule has 0 aromatic heterocycles. The summed E-state index contributed by atoms with van der Waals surface area (Å²) in [6.45, 7) is 0. The summed E-state index contributed by atoms with van der Waals surface area (Å²) in [5, 5.41) is 6.86. The van der Waals surface area contributed by atoms with E-state index in [9.17, 15) is 23.2 Å². The zero-order chi connectivity index (χ0) is 23.8. The Morgan fingerprint density at radius 2 is 1.56 bits per heavy atom. The number of amides is 3. The highest BCUT2D eigenvalue weighted by molar-refractivity contribution is 6.54. The van der Waals surface area contributed by atoms with Gasteiger partial charge in [0, 0.05) is 11.8 Å². The maximum absolute atomic E-state index is 14.2. The summed E-state index contributed by atoms with van der Waals surface area (Å²) in [7, 11) is 0. The molecule has 1 atom stereocenters. The zero-order valence-electron chi connectivity index (χ0n) is 15.6. The van der Waals surface area contributed by atoms with Crippen molar-refractivity contribution in [1.82, 2.24) is 0 Å².